The Labute approximate surface area is 357 Å². The Morgan fingerprint density at radius 3 is 2.03 bits per heavy atom. The molecule has 0 radical (unpaired) electrons. The number of methoxy groups -OCH3 is 1. The average Bonchev–Trinajstić information content (AvgIpc) is 3.25. The van der Waals surface area contributed by atoms with Gasteiger partial charge in [-0.3, -0.25) is 14.4 Å². The number of Topliss-reactive ketones (excluding diaryl/α,β-unsaturated/α-hetero) is 1. The molecule has 11 atom stereocenters. The van der Waals surface area contributed by atoms with Crippen LogP contribution in [0.3, 0.4) is 0 Å². The van der Waals surface area contributed by atoms with E-state index in [1.165, 1.54) is 19.1 Å². The lowest BCUT2D eigenvalue weighted by atomic mass is 9.48. The van der Waals surface area contributed by atoms with Crippen molar-refractivity contribution in [3.8, 4) is 0 Å². The largest absolute Gasteiger partial charge is 0.508 e. The average molecular weight is 856 g/mol. The summed E-state index contributed by atoms with van der Waals surface area (Å²) in [5, 5.41) is 39.9. The highest BCUT2D eigenvalue weighted by Crippen LogP contribution is 2.61. The number of hydrogen-bond donors (Lipinski definition) is 4. The molecule has 62 heavy (non-hydrogen) atoms. The van der Waals surface area contributed by atoms with Gasteiger partial charge in [-0.25, -0.2) is 14.4 Å². The predicted octanol–water partition coefficient (Wildman–Crippen LogP) is 3.57. The van der Waals surface area contributed by atoms with Crippen LogP contribution in [0, 0.1) is 17.3 Å². The van der Waals surface area contributed by atoms with Gasteiger partial charge in [0.1, 0.15) is 23.9 Å². The van der Waals surface area contributed by atoms with Crippen LogP contribution in [0.5, 0.6) is 0 Å². The summed E-state index contributed by atoms with van der Waals surface area (Å²) in [5.74, 6) is -7.76. The maximum atomic E-state index is 15.2. The lowest BCUT2D eigenvalue weighted by Gasteiger charge is -2.64. The summed E-state index contributed by atoms with van der Waals surface area (Å²) in [7, 11) is 1.07. The molecule has 3 aromatic carbocycles. The third-order valence-corrected chi connectivity index (χ3v) is 12.9. The summed E-state index contributed by atoms with van der Waals surface area (Å²) in [6, 6.07) is 22.8. The van der Waals surface area contributed by atoms with Gasteiger partial charge in [-0.05, 0) is 47.9 Å². The molecule has 16 nitrogen and oxygen atoms in total. The number of aliphatic hydroxyl groups is 3. The SMILES string of the molecule is COC(=O)O[C@@]12CO[C@@H]1C[C@H](O)[C@@H]1C(=O)[C@H](OC(C)=O)C3=C(C)[C@@H](OC(=O)[C@H](O)[C@@H](NC(=O)c4ccccc4)c4ccccc4)C[C@@](O)([C@@H](OC(=O)c4ccccc4)[C@@H]12)C3(C)C. The molecule has 1 aliphatic heterocycles. The molecule has 1 heterocycles. The van der Waals surface area contributed by atoms with Gasteiger partial charge >= 0.3 is 24.1 Å². The van der Waals surface area contributed by atoms with E-state index in [1.807, 2.05) is 0 Å². The van der Waals surface area contributed by atoms with Crippen LogP contribution in [0.15, 0.2) is 102 Å². The maximum Gasteiger partial charge on any atom is 0.508 e. The fraction of sp³-hybridized carbons (Fsp3) is 0.435. The van der Waals surface area contributed by atoms with Crippen molar-refractivity contribution in [2.24, 2.45) is 17.3 Å². The van der Waals surface area contributed by atoms with Gasteiger partial charge in [-0.15, -0.1) is 0 Å². The van der Waals surface area contributed by atoms with E-state index in [1.54, 1.807) is 92.7 Å². The summed E-state index contributed by atoms with van der Waals surface area (Å²) >= 11 is 0. The summed E-state index contributed by atoms with van der Waals surface area (Å²) in [6.45, 7) is 5.29. The number of esters is 3. The van der Waals surface area contributed by atoms with Gasteiger partial charge in [0.2, 0.25) is 0 Å². The van der Waals surface area contributed by atoms with E-state index in [9.17, 15) is 39.3 Å². The number of amides is 1. The fourth-order valence-electron chi connectivity index (χ4n) is 9.74. The number of carbonyl (C=O) groups is 6. The summed E-state index contributed by atoms with van der Waals surface area (Å²) in [6.07, 6.45) is -11.8. The zero-order valence-corrected chi connectivity index (χ0v) is 34.7. The number of hydrogen-bond acceptors (Lipinski definition) is 15. The molecule has 2 saturated carbocycles. The monoisotopic (exact) mass is 855 g/mol. The number of ketones is 1. The number of rotatable bonds is 10. The van der Waals surface area contributed by atoms with Crippen LogP contribution in [0.2, 0.25) is 0 Å². The van der Waals surface area contributed by atoms with Gasteiger partial charge in [0.05, 0.1) is 43.3 Å². The Kier molecular flexibility index (Phi) is 12.2. The van der Waals surface area contributed by atoms with Crippen LogP contribution < -0.4 is 5.32 Å². The molecular weight excluding hydrogens is 806 g/mol. The van der Waals surface area contributed by atoms with E-state index in [0.717, 1.165) is 14.0 Å². The Hall–Kier alpha value is -5.94. The number of nitrogens with one attached hydrogen (secondary N) is 1. The van der Waals surface area contributed by atoms with Crippen molar-refractivity contribution in [3.63, 3.8) is 0 Å². The molecule has 3 aromatic rings. The van der Waals surface area contributed by atoms with E-state index in [2.05, 4.69) is 5.32 Å². The molecule has 2 bridgehead atoms. The lowest BCUT2D eigenvalue weighted by molar-refractivity contribution is -0.330. The minimum absolute atomic E-state index is 0.0166. The number of benzene rings is 3. The molecule has 1 saturated heterocycles. The third-order valence-electron chi connectivity index (χ3n) is 12.9. The Bertz CT molecular complexity index is 2250. The first-order valence-corrected chi connectivity index (χ1v) is 20.2. The zero-order chi connectivity index (χ0) is 44.7. The molecule has 4 N–H and O–H groups in total. The van der Waals surface area contributed by atoms with Gasteiger partial charge < -0.3 is 49.1 Å². The van der Waals surface area contributed by atoms with Crippen molar-refractivity contribution in [1.82, 2.24) is 5.32 Å². The second-order valence-corrected chi connectivity index (χ2v) is 16.7. The summed E-state index contributed by atoms with van der Waals surface area (Å²) in [4.78, 5) is 83.0. The molecule has 7 rings (SSSR count). The third kappa shape index (κ3) is 7.65. The highest BCUT2D eigenvalue weighted by Gasteiger charge is 2.75. The number of aliphatic hydroxyl groups excluding tert-OH is 2. The topological polar surface area (TPSA) is 231 Å². The van der Waals surface area contributed by atoms with E-state index >= 15 is 4.79 Å². The quantitative estimate of drug-likeness (QED) is 0.130. The van der Waals surface area contributed by atoms with Crippen molar-refractivity contribution < 1.29 is 72.5 Å². The Balaban J connectivity index is 1.37. The highest BCUT2D eigenvalue weighted by atomic mass is 16.8. The van der Waals surface area contributed by atoms with Crippen LogP contribution in [0.1, 0.15) is 72.9 Å². The predicted molar refractivity (Wildman–Crippen MR) is 215 cm³/mol. The van der Waals surface area contributed by atoms with Gasteiger partial charge in [-0.2, -0.15) is 0 Å². The molecular formula is C46H49NO15. The Morgan fingerprint density at radius 2 is 1.47 bits per heavy atom. The molecule has 16 heteroatoms. The molecule has 4 aliphatic rings. The van der Waals surface area contributed by atoms with E-state index < -0.39 is 113 Å². The van der Waals surface area contributed by atoms with E-state index in [4.69, 9.17) is 28.4 Å². The van der Waals surface area contributed by atoms with Crippen LogP contribution in [0.25, 0.3) is 0 Å². The second kappa shape index (κ2) is 17.1. The van der Waals surface area contributed by atoms with Crippen LogP contribution in [-0.4, -0.2) is 113 Å². The smallest absolute Gasteiger partial charge is 0.456 e. The van der Waals surface area contributed by atoms with Crippen molar-refractivity contribution >= 4 is 35.8 Å². The van der Waals surface area contributed by atoms with Gasteiger partial charge in [0.15, 0.2) is 23.6 Å². The minimum atomic E-state index is -2.41. The molecule has 0 spiro atoms. The second-order valence-electron chi connectivity index (χ2n) is 16.7. The highest BCUT2D eigenvalue weighted by molar-refractivity contribution is 5.95. The minimum Gasteiger partial charge on any atom is -0.456 e. The Morgan fingerprint density at radius 1 is 0.871 bits per heavy atom. The summed E-state index contributed by atoms with van der Waals surface area (Å²) in [5.41, 5.74) is -5.15. The molecule has 1 amide bonds. The standard InChI is InChI=1S/C46H49NO15/c1-24-30(60-42(54)37(51)35(26-15-9-6-10-16-26)47-40(52)27-17-11-7-12-18-27)22-46(56)39(61-41(53)28-19-13-8-14-20-28)34-32(36(50)38(59-25(2)48)33(24)44(46,3)4)29(49)21-31-45(34,23-58-31)62-43(55)57-5/h6-20,29-32,34-35,37-39,49,51,56H,21-23H2,1-5H3,(H,47,52)/t29-,30-,31+,32-,34+,35-,37+,38+,39-,45-,46+/m0/s1. The fourth-order valence-corrected chi connectivity index (χ4v) is 9.74. The molecule has 328 valence electrons. The molecule has 0 aromatic heterocycles. The normalized spacial score (nSPS) is 30.6. The number of fused-ring (bicyclic) bond motifs is 5. The van der Waals surface area contributed by atoms with Gasteiger partial charge in [-0.1, -0.05) is 80.6 Å². The number of carbonyl (C=O) groups excluding carboxylic acids is 6. The van der Waals surface area contributed by atoms with Crippen LogP contribution in [0.4, 0.5) is 4.79 Å². The molecule has 0 unspecified atom stereocenters. The maximum absolute atomic E-state index is 15.2. The van der Waals surface area contributed by atoms with Crippen molar-refractivity contribution in [2.75, 3.05) is 13.7 Å². The van der Waals surface area contributed by atoms with Crippen molar-refractivity contribution in [1.29, 1.82) is 0 Å². The van der Waals surface area contributed by atoms with E-state index in [0.29, 0.717) is 5.56 Å². The number of ether oxygens (including phenoxy) is 6. The first kappa shape index (κ1) is 44.1. The first-order chi connectivity index (χ1) is 29.4. The molecule has 3 aliphatic carbocycles. The van der Waals surface area contributed by atoms with Gasteiger partial charge in [0.25, 0.3) is 5.91 Å². The summed E-state index contributed by atoms with van der Waals surface area (Å²) < 4.78 is 34.8. The van der Waals surface area contributed by atoms with Crippen molar-refractivity contribution in [2.45, 2.75) is 94.4 Å². The lowest BCUT2D eigenvalue weighted by Crippen LogP contribution is -2.79. The van der Waals surface area contributed by atoms with Crippen LogP contribution >= 0.6 is 0 Å². The first-order valence-electron chi connectivity index (χ1n) is 20.2. The van der Waals surface area contributed by atoms with Crippen molar-refractivity contribution in [3.05, 3.63) is 119 Å². The molecule has 3 fully saturated rings. The van der Waals surface area contributed by atoms with Crippen LogP contribution in [-0.2, 0) is 42.8 Å². The van der Waals surface area contributed by atoms with E-state index in [-0.39, 0.29) is 35.3 Å². The zero-order valence-electron chi connectivity index (χ0n) is 34.7. The van der Waals surface area contributed by atoms with Gasteiger partial charge in [0, 0.05) is 30.7 Å².